The van der Waals surface area contributed by atoms with Gasteiger partial charge in [-0.2, -0.15) is 0 Å². The summed E-state index contributed by atoms with van der Waals surface area (Å²) in [6, 6.07) is 7.17. The van der Waals surface area contributed by atoms with Gasteiger partial charge in [0.15, 0.2) is 11.5 Å². The Morgan fingerprint density at radius 1 is 1.32 bits per heavy atom. The number of hydrogen-bond acceptors (Lipinski definition) is 3. The predicted molar refractivity (Wildman–Crippen MR) is 70.8 cm³/mol. The largest absolute Gasteiger partial charge is 0.477 e. The first kappa shape index (κ1) is 12.1. The first-order valence-corrected chi connectivity index (χ1v) is 6.40. The second-order valence-corrected chi connectivity index (χ2v) is 5.08. The van der Waals surface area contributed by atoms with Crippen LogP contribution in [0.25, 0.3) is 0 Å². The number of halogens is 1. The predicted octanol–water partition coefficient (Wildman–Crippen LogP) is 2.73. The van der Waals surface area contributed by atoms with Crippen LogP contribution in [0.4, 0.5) is 0 Å². The summed E-state index contributed by atoms with van der Waals surface area (Å²) in [6.07, 6.45) is 1.74. The topological polar surface area (TPSA) is 60.7 Å². The van der Waals surface area contributed by atoms with Crippen molar-refractivity contribution in [2.45, 2.75) is 6.54 Å². The van der Waals surface area contributed by atoms with Gasteiger partial charge < -0.3 is 19.1 Å². The molecule has 1 aromatic carbocycles. The molecule has 0 fully saturated rings. The second-order valence-electron chi connectivity index (χ2n) is 4.16. The van der Waals surface area contributed by atoms with Crippen LogP contribution in [0.3, 0.4) is 0 Å². The van der Waals surface area contributed by atoms with Crippen LogP contribution in [-0.4, -0.2) is 22.4 Å². The molecule has 0 bridgehead atoms. The van der Waals surface area contributed by atoms with Gasteiger partial charge in [0.05, 0.1) is 0 Å². The Kier molecular flexibility index (Phi) is 2.94. The molecule has 0 saturated carbocycles. The Hall–Kier alpha value is -1.95. The number of hydrogen-bond donors (Lipinski definition) is 1. The highest BCUT2D eigenvalue weighted by molar-refractivity contribution is 9.10. The van der Waals surface area contributed by atoms with E-state index < -0.39 is 5.97 Å². The van der Waals surface area contributed by atoms with Crippen LogP contribution in [0.15, 0.2) is 34.9 Å². The lowest BCUT2D eigenvalue weighted by molar-refractivity contribution is 0.0685. The number of aromatic nitrogens is 1. The number of carboxylic acid groups (broad SMARTS) is 1. The molecular formula is C13H10BrNO4. The van der Waals surface area contributed by atoms with E-state index in [0.29, 0.717) is 12.3 Å². The van der Waals surface area contributed by atoms with Gasteiger partial charge in [-0.15, -0.1) is 0 Å². The van der Waals surface area contributed by atoms with Gasteiger partial charge in [0.2, 0.25) is 6.79 Å². The molecule has 2 heterocycles. The van der Waals surface area contributed by atoms with E-state index in [2.05, 4.69) is 15.9 Å². The molecule has 0 saturated heterocycles. The monoisotopic (exact) mass is 323 g/mol. The van der Waals surface area contributed by atoms with Gasteiger partial charge >= 0.3 is 5.97 Å². The Morgan fingerprint density at radius 3 is 2.89 bits per heavy atom. The molecule has 19 heavy (non-hydrogen) atoms. The average Bonchev–Trinajstić information content (AvgIpc) is 2.95. The Balaban J connectivity index is 1.91. The zero-order valence-corrected chi connectivity index (χ0v) is 11.4. The van der Waals surface area contributed by atoms with Crippen LogP contribution in [0.1, 0.15) is 16.1 Å². The normalized spacial score (nSPS) is 12.7. The summed E-state index contributed by atoms with van der Waals surface area (Å²) in [5.74, 6) is 0.461. The van der Waals surface area contributed by atoms with Gasteiger partial charge in [0.1, 0.15) is 5.69 Å². The minimum absolute atomic E-state index is 0.230. The Labute approximate surface area is 117 Å². The molecule has 98 valence electrons. The summed E-state index contributed by atoms with van der Waals surface area (Å²) in [4.78, 5) is 11.1. The van der Waals surface area contributed by atoms with Gasteiger partial charge in [0, 0.05) is 17.2 Å². The lowest BCUT2D eigenvalue weighted by atomic mass is 10.2. The number of nitrogens with zero attached hydrogens (tertiary/aromatic N) is 1. The average molecular weight is 324 g/mol. The smallest absolute Gasteiger partial charge is 0.352 e. The number of fused-ring (bicyclic) bond motifs is 1. The molecule has 5 nitrogen and oxygen atoms in total. The summed E-state index contributed by atoms with van der Waals surface area (Å²) < 4.78 is 13.0. The molecule has 0 aliphatic carbocycles. The van der Waals surface area contributed by atoms with Crippen molar-refractivity contribution >= 4 is 21.9 Å². The zero-order chi connectivity index (χ0) is 13.4. The number of rotatable bonds is 3. The first-order chi connectivity index (χ1) is 9.13. The quantitative estimate of drug-likeness (QED) is 0.943. The Morgan fingerprint density at radius 2 is 2.11 bits per heavy atom. The van der Waals surface area contributed by atoms with Gasteiger partial charge in [-0.05, 0) is 39.7 Å². The highest BCUT2D eigenvalue weighted by atomic mass is 79.9. The van der Waals surface area contributed by atoms with Crippen molar-refractivity contribution in [3.05, 3.63) is 46.2 Å². The minimum Gasteiger partial charge on any atom is -0.477 e. The molecule has 0 radical (unpaired) electrons. The fourth-order valence-corrected chi connectivity index (χ4v) is 2.48. The summed E-state index contributed by atoms with van der Waals surface area (Å²) in [5.41, 5.74) is 1.19. The molecule has 3 rings (SSSR count). The van der Waals surface area contributed by atoms with Gasteiger partial charge in [-0.3, -0.25) is 0 Å². The van der Waals surface area contributed by atoms with E-state index in [1.807, 2.05) is 18.2 Å². The third kappa shape index (κ3) is 2.31. The molecule has 0 amide bonds. The van der Waals surface area contributed by atoms with E-state index in [9.17, 15) is 4.79 Å². The summed E-state index contributed by atoms with van der Waals surface area (Å²) in [5, 5.41) is 9.13. The molecule has 2 aromatic rings. The number of benzene rings is 1. The maximum Gasteiger partial charge on any atom is 0.352 e. The van der Waals surface area contributed by atoms with Crippen LogP contribution < -0.4 is 9.47 Å². The molecule has 0 unspecified atom stereocenters. The molecule has 1 aliphatic rings. The zero-order valence-electron chi connectivity index (χ0n) is 9.80. The summed E-state index contributed by atoms with van der Waals surface area (Å²) >= 11 is 3.29. The van der Waals surface area contributed by atoms with Gasteiger partial charge in [-0.25, -0.2) is 4.79 Å². The van der Waals surface area contributed by atoms with Crippen LogP contribution >= 0.6 is 15.9 Å². The van der Waals surface area contributed by atoms with Crippen LogP contribution in [0.5, 0.6) is 11.5 Å². The van der Waals surface area contributed by atoms with Gasteiger partial charge in [-0.1, -0.05) is 6.07 Å². The Bertz CT molecular complexity index is 650. The first-order valence-electron chi connectivity index (χ1n) is 5.61. The third-order valence-corrected chi connectivity index (χ3v) is 3.31. The third-order valence-electron chi connectivity index (χ3n) is 2.87. The number of aromatic carboxylic acids is 1. The fourth-order valence-electron chi connectivity index (χ4n) is 2.02. The van der Waals surface area contributed by atoms with Gasteiger partial charge in [0.25, 0.3) is 0 Å². The van der Waals surface area contributed by atoms with Crippen LogP contribution in [-0.2, 0) is 6.54 Å². The number of carboxylic acids is 1. The fraction of sp³-hybridized carbons (Fsp3) is 0.154. The number of ether oxygens (including phenoxy) is 2. The van der Waals surface area contributed by atoms with Crippen molar-refractivity contribution in [2.24, 2.45) is 0 Å². The molecule has 1 aliphatic heterocycles. The second kappa shape index (κ2) is 4.62. The standard InChI is InChI=1S/C13H10BrNO4/c14-9-4-10(13(16)17)15(6-9)5-8-1-2-11-12(3-8)19-7-18-11/h1-4,6H,5,7H2,(H,16,17). The van der Waals surface area contributed by atoms with Crippen LogP contribution in [0.2, 0.25) is 0 Å². The summed E-state index contributed by atoms with van der Waals surface area (Å²) in [7, 11) is 0. The van der Waals surface area contributed by atoms with E-state index in [-0.39, 0.29) is 12.5 Å². The maximum absolute atomic E-state index is 11.1. The van der Waals surface area contributed by atoms with E-state index in [1.54, 1.807) is 16.8 Å². The molecule has 1 aromatic heterocycles. The maximum atomic E-state index is 11.1. The highest BCUT2D eigenvalue weighted by Gasteiger charge is 2.15. The minimum atomic E-state index is -0.952. The summed E-state index contributed by atoms with van der Waals surface area (Å²) in [6.45, 7) is 0.693. The highest BCUT2D eigenvalue weighted by Crippen LogP contribution is 2.32. The molecule has 1 N–H and O–H groups in total. The van der Waals surface area contributed by atoms with E-state index in [4.69, 9.17) is 14.6 Å². The SMILES string of the molecule is O=C(O)c1cc(Br)cn1Cc1ccc2c(c1)OCO2. The van der Waals surface area contributed by atoms with Crippen molar-refractivity contribution in [3.8, 4) is 11.5 Å². The number of carbonyl (C=O) groups is 1. The molecule has 0 spiro atoms. The lowest BCUT2D eigenvalue weighted by Crippen LogP contribution is -2.08. The van der Waals surface area contributed by atoms with Crippen molar-refractivity contribution in [1.82, 2.24) is 4.57 Å². The molecule has 6 heteroatoms. The van der Waals surface area contributed by atoms with Crippen molar-refractivity contribution in [3.63, 3.8) is 0 Å². The van der Waals surface area contributed by atoms with Crippen molar-refractivity contribution < 1.29 is 19.4 Å². The van der Waals surface area contributed by atoms with E-state index in [1.165, 1.54) is 0 Å². The molecular weight excluding hydrogens is 314 g/mol. The van der Waals surface area contributed by atoms with E-state index in [0.717, 1.165) is 15.8 Å². The molecule has 0 atom stereocenters. The van der Waals surface area contributed by atoms with Crippen molar-refractivity contribution in [2.75, 3.05) is 6.79 Å². The van der Waals surface area contributed by atoms with Crippen LogP contribution in [0, 0.1) is 0 Å². The van der Waals surface area contributed by atoms with Crippen molar-refractivity contribution in [1.29, 1.82) is 0 Å². The van der Waals surface area contributed by atoms with E-state index >= 15 is 0 Å². The lowest BCUT2D eigenvalue weighted by Gasteiger charge is -2.07.